The number of carbonyl (C=O) groups is 1. The molecular weight excluding hydrogens is 356 g/mol. The summed E-state index contributed by atoms with van der Waals surface area (Å²) < 4.78 is 15.5. The minimum absolute atomic E-state index is 0.0417. The molecule has 1 aromatic carbocycles. The number of rotatable bonds is 5. The number of hydrogen-bond donors (Lipinski definition) is 0. The zero-order chi connectivity index (χ0) is 19.6. The molecule has 1 amide bonds. The van der Waals surface area contributed by atoms with Crippen LogP contribution >= 0.6 is 0 Å². The lowest BCUT2D eigenvalue weighted by atomic mass is 9.97. The predicted molar refractivity (Wildman–Crippen MR) is 93.1 cm³/mol. The first-order chi connectivity index (χ1) is 12.9. The van der Waals surface area contributed by atoms with Crippen molar-refractivity contribution < 1.29 is 23.7 Å². The average Bonchev–Trinajstić information content (AvgIpc) is 3.12. The molecule has 1 aliphatic rings. The van der Waals surface area contributed by atoms with Crippen LogP contribution in [0.1, 0.15) is 40.8 Å². The maximum absolute atomic E-state index is 13.0. The van der Waals surface area contributed by atoms with Gasteiger partial charge >= 0.3 is 0 Å². The number of ether oxygens (including phenoxy) is 2. The number of methoxy groups -OCH3 is 2. The molecule has 0 N–H and O–H groups in total. The molecule has 1 atom stereocenters. The largest absolute Gasteiger partial charge is 0.493 e. The summed E-state index contributed by atoms with van der Waals surface area (Å²) >= 11 is 0. The lowest BCUT2D eigenvalue weighted by molar-refractivity contribution is -0.385. The normalized spacial score (nSPS) is 16.9. The fourth-order valence-electron chi connectivity index (χ4n) is 3.20. The summed E-state index contributed by atoms with van der Waals surface area (Å²) in [5, 5.41) is 15.3. The SMILES string of the molecule is COc1cc(C(=O)N2CCCC(c3nc(C)no3)C2)c([N+](=O)[O-])cc1OC. The smallest absolute Gasteiger partial charge is 0.286 e. The Bertz CT molecular complexity index is 865. The topological polar surface area (TPSA) is 121 Å². The van der Waals surface area contributed by atoms with Gasteiger partial charge in [-0.3, -0.25) is 14.9 Å². The highest BCUT2D eigenvalue weighted by Gasteiger charge is 2.33. The Balaban J connectivity index is 1.91. The van der Waals surface area contributed by atoms with E-state index in [1.165, 1.54) is 26.4 Å². The van der Waals surface area contributed by atoms with Crippen LogP contribution < -0.4 is 9.47 Å². The number of aromatic nitrogens is 2. The van der Waals surface area contributed by atoms with Gasteiger partial charge in [-0.1, -0.05) is 5.16 Å². The van der Waals surface area contributed by atoms with Gasteiger partial charge in [0, 0.05) is 19.2 Å². The number of nitro groups is 1. The van der Waals surface area contributed by atoms with Gasteiger partial charge in [-0.15, -0.1) is 0 Å². The molecular formula is C17H20N4O6. The molecule has 2 heterocycles. The first-order valence-electron chi connectivity index (χ1n) is 8.44. The van der Waals surface area contributed by atoms with E-state index in [1.807, 2.05) is 0 Å². The number of benzene rings is 1. The molecule has 0 radical (unpaired) electrons. The van der Waals surface area contributed by atoms with Gasteiger partial charge in [-0.25, -0.2) is 0 Å². The molecule has 1 unspecified atom stereocenters. The average molecular weight is 376 g/mol. The van der Waals surface area contributed by atoms with Crippen molar-refractivity contribution in [2.24, 2.45) is 0 Å². The molecule has 0 spiro atoms. The minimum Gasteiger partial charge on any atom is -0.493 e. The third kappa shape index (κ3) is 3.69. The molecule has 3 rings (SSSR count). The highest BCUT2D eigenvalue weighted by molar-refractivity contribution is 5.99. The standard InChI is InChI=1S/C17H20N4O6/c1-10-18-16(27-19-10)11-5-4-6-20(9-11)17(22)12-7-14(25-2)15(26-3)8-13(12)21(23)24/h7-8,11H,4-6,9H2,1-3H3. The van der Waals surface area contributed by atoms with E-state index in [1.54, 1.807) is 11.8 Å². The van der Waals surface area contributed by atoms with Crippen LogP contribution in [0.5, 0.6) is 11.5 Å². The van der Waals surface area contributed by atoms with Crippen LogP contribution in [0, 0.1) is 17.0 Å². The zero-order valence-electron chi connectivity index (χ0n) is 15.3. The minimum atomic E-state index is -0.599. The summed E-state index contributed by atoms with van der Waals surface area (Å²) in [6, 6.07) is 2.55. The number of piperidine rings is 1. The number of aryl methyl sites for hydroxylation is 1. The molecule has 27 heavy (non-hydrogen) atoms. The summed E-state index contributed by atoms with van der Waals surface area (Å²) in [6.07, 6.45) is 1.54. The van der Waals surface area contributed by atoms with Crippen molar-refractivity contribution in [3.8, 4) is 11.5 Å². The van der Waals surface area contributed by atoms with Gasteiger partial charge in [-0.2, -0.15) is 4.98 Å². The molecule has 10 nitrogen and oxygen atoms in total. The van der Waals surface area contributed by atoms with E-state index < -0.39 is 10.8 Å². The van der Waals surface area contributed by atoms with Gasteiger partial charge in [0.2, 0.25) is 5.89 Å². The number of carbonyl (C=O) groups excluding carboxylic acids is 1. The van der Waals surface area contributed by atoms with Crippen molar-refractivity contribution >= 4 is 11.6 Å². The van der Waals surface area contributed by atoms with Crippen molar-refractivity contribution in [2.45, 2.75) is 25.7 Å². The zero-order valence-corrected chi connectivity index (χ0v) is 15.3. The van der Waals surface area contributed by atoms with E-state index in [-0.39, 0.29) is 28.7 Å². The van der Waals surface area contributed by atoms with Crippen LogP contribution in [-0.2, 0) is 0 Å². The van der Waals surface area contributed by atoms with Gasteiger partial charge in [0.1, 0.15) is 5.56 Å². The molecule has 144 valence electrons. The maximum atomic E-state index is 13.0. The van der Waals surface area contributed by atoms with Gasteiger partial charge in [0.25, 0.3) is 11.6 Å². The Kier molecular flexibility index (Phi) is 5.24. The summed E-state index contributed by atoms with van der Waals surface area (Å²) in [5.41, 5.74) is -0.367. The van der Waals surface area contributed by atoms with E-state index >= 15 is 0 Å². The van der Waals surface area contributed by atoms with Crippen molar-refractivity contribution in [3.05, 3.63) is 39.5 Å². The number of amides is 1. The number of nitrogens with zero attached hydrogens (tertiary/aromatic N) is 4. The highest BCUT2D eigenvalue weighted by Crippen LogP contribution is 2.36. The van der Waals surface area contributed by atoms with Gasteiger partial charge in [-0.05, 0) is 19.8 Å². The Morgan fingerprint density at radius 3 is 2.63 bits per heavy atom. The summed E-state index contributed by atoms with van der Waals surface area (Å²) in [7, 11) is 2.79. The van der Waals surface area contributed by atoms with E-state index in [0.717, 1.165) is 12.8 Å². The van der Waals surface area contributed by atoms with Crippen LogP contribution in [0.2, 0.25) is 0 Å². The first kappa shape index (κ1) is 18.6. The van der Waals surface area contributed by atoms with Crippen molar-refractivity contribution in [1.29, 1.82) is 0 Å². The molecule has 2 aromatic rings. The van der Waals surface area contributed by atoms with E-state index in [0.29, 0.717) is 24.8 Å². The Labute approximate surface area is 155 Å². The first-order valence-corrected chi connectivity index (χ1v) is 8.44. The predicted octanol–water partition coefficient (Wildman–Crippen LogP) is 2.32. The molecule has 1 fully saturated rings. The molecule has 1 aliphatic heterocycles. The second-order valence-electron chi connectivity index (χ2n) is 6.25. The number of hydrogen-bond acceptors (Lipinski definition) is 8. The lowest BCUT2D eigenvalue weighted by Gasteiger charge is -2.31. The van der Waals surface area contributed by atoms with Crippen molar-refractivity contribution in [1.82, 2.24) is 15.0 Å². The van der Waals surface area contributed by atoms with Crippen molar-refractivity contribution in [2.75, 3.05) is 27.3 Å². The number of likely N-dealkylation sites (tertiary alicyclic amines) is 1. The van der Waals surface area contributed by atoms with Crippen LogP contribution in [0.3, 0.4) is 0 Å². The van der Waals surface area contributed by atoms with E-state index in [9.17, 15) is 14.9 Å². The molecule has 1 aromatic heterocycles. The second kappa shape index (κ2) is 7.60. The molecule has 0 saturated carbocycles. The monoisotopic (exact) mass is 376 g/mol. The maximum Gasteiger partial charge on any atom is 0.286 e. The summed E-state index contributed by atoms with van der Waals surface area (Å²) in [6.45, 7) is 2.58. The Hall–Kier alpha value is -3.17. The number of nitro benzene ring substituents is 1. The highest BCUT2D eigenvalue weighted by atomic mass is 16.6. The lowest BCUT2D eigenvalue weighted by Crippen LogP contribution is -2.39. The molecule has 10 heteroatoms. The Morgan fingerprint density at radius 2 is 2.04 bits per heavy atom. The summed E-state index contributed by atoms with van der Waals surface area (Å²) in [4.78, 5) is 29.7. The second-order valence-corrected chi connectivity index (χ2v) is 6.25. The third-order valence-electron chi connectivity index (χ3n) is 4.53. The quantitative estimate of drug-likeness (QED) is 0.576. The fourth-order valence-corrected chi connectivity index (χ4v) is 3.20. The summed E-state index contributed by atoms with van der Waals surface area (Å²) in [5.74, 6) is 0.925. The van der Waals surface area contributed by atoms with Crippen LogP contribution in [0.25, 0.3) is 0 Å². The third-order valence-corrected chi connectivity index (χ3v) is 4.53. The molecule has 1 saturated heterocycles. The van der Waals surface area contributed by atoms with Crippen LogP contribution in [0.4, 0.5) is 5.69 Å². The van der Waals surface area contributed by atoms with Gasteiger partial charge < -0.3 is 18.9 Å². The fraction of sp³-hybridized carbons (Fsp3) is 0.471. The van der Waals surface area contributed by atoms with Gasteiger partial charge in [0.15, 0.2) is 17.3 Å². The molecule has 0 aliphatic carbocycles. The van der Waals surface area contributed by atoms with E-state index in [2.05, 4.69) is 10.1 Å². The van der Waals surface area contributed by atoms with Gasteiger partial charge in [0.05, 0.1) is 31.1 Å². The van der Waals surface area contributed by atoms with E-state index in [4.69, 9.17) is 14.0 Å². The molecule has 0 bridgehead atoms. The van der Waals surface area contributed by atoms with Crippen LogP contribution in [0.15, 0.2) is 16.7 Å². The Morgan fingerprint density at radius 1 is 1.33 bits per heavy atom. The van der Waals surface area contributed by atoms with Crippen LogP contribution in [-0.4, -0.2) is 53.2 Å². The van der Waals surface area contributed by atoms with Crippen molar-refractivity contribution in [3.63, 3.8) is 0 Å².